The monoisotopic (exact) mass is 2140 g/mol. The number of aromatic amines is 4. The molecule has 5 unspecified atom stereocenters. The van der Waals surface area contributed by atoms with Crippen molar-refractivity contribution in [3.63, 3.8) is 0 Å². The van der Waals surface area contributed by atoms with Crippen LogP contribution in [0.15, 0.2) is 80.9 Å². The van der Waals surface area contributed by atoms with E-state index < -0.39 is 213 Å². The molecule has 0 radical (unpaired) electrons. The molecule has 0 aliphatic carbocycles. The maximum Gasteiger partial charge on any atom is 0.351 e. The highest BCUT2D eigenvalue weighted by Gasteiger charge is 2.55. The van der Waals surface area contributed by atoms with Crippen molar-refractivity contribution in [3.05, 3.63) is 178 Å². The Morgan fingerprint density at radius 2 is 0.807 bits per heavy atom. The Bertz CT molecular complexity index is 6230. The third kappa shape index (κ3) is 29.6. The number of hydrogen-bond acceptors (Lipinski definition) is 40. The number of aromatic nitrogens is 14. The number of fused-ring (bicyclic) bond motifs is 2. The van der Waals surface area contributed by atoms with Gasteiger partial charge in [-0.25, -0.2) is 67.2 Å². The normalized spacial score (nSPS) is 24.8. The van der Waals surface area contributed by atoms with E-state index in [1.54, 1.807) is 51.8 Å². The molecule has 7 aromatic rings. The van der Waals surface area contributed by atoms with Gasteiger partial charge in [-0.05, 0) is 52.0 Å². The lowest BCUT2D eigenvalue weighted by atomic mass is 9.89. The summed E-state index contributed by atoms with van der Waals surface area (Å²) < 4.78 is 137. The molecule has 12 rings (SSSR count). The number of aliphatic imine (C=N–C) groups is 2. The fraction of sp³-hybridized carbons (Fsp3) is 0.615. The van der Waals surface area contributed by atoms with Gasteiger partial charge in [-0.1, -0.05) is 13.8 Å². The van der Waals surface area contributed by atoms with Gasteiger partial charge in [-0.15, -0.1) is 0 Å². The first-order valence-corrected chi connectivity index (χ1v) is 56.1. The van der Waals surface area contributed by atoms with Crippen LogP contribution in [0.25, 0.3) is 46.6 Å². The summed E-state index contributed by atoms with van der Waals surface area (Å²) in [5.41, 5.74) is -5.19. The minimum absolute atomic E-state index is 0.0282. The Labute approximate surface area is 829 Å². The van der Waals surface area contributed by atoms with E-state index in [1.165, 1.54) is 84.5 Å². The van der Waals surface area contributed by atoms with Crippen molar-refractivity contribution in [3.8, 4) is 0 Å². The van der Waals surface area contributed by atoms with Crippen molar-refractivity contribution in [1.29, 1.82) is 0 Å². The largest absolute Gasteiger partial charge is 0.459 e. The van der Waals surface area contributed by atoms with Gasteiger partial charge in [0.2, 0.25) is 50.5 Å². The van der Waals surface area contributed by atoms with Crippen molar-refractivity contribution >= 4 is 156 Å². The van der Waals surface area contributed by atoms with Crippen molar-refractivity contribution in [2.45, 2.75) is 173 Å². The van der Waals surface area contributed by atoms with Crippen molar-refractivity contribution in [2.75, 3.05) is 132 Å². The Morgan fingerprint density at radius 3 is 1.14 bits per heavy atom. The second-order valence-corrected chi connectivity index (χ2v) is 47.6. The predicted molar refractivity (Wildman–Crippen MR) is 520 cm³/mol. The standard InChI is InChI=1S/C78H103N24O28P5S5/c1-45(2)50-29-61(98-23-17-60(88-49(7)103)89-76(98)108)121-55(50)36-116-132(137,112-25-19-80-9)127-51-30-62(99-34-47(5)70(104)94-77(99)109)122-56(51)38-118-135(140,115-28-22-83-12)130-54-33-65(102-44-85-67-69(102)91-75(93-73(67)107)87-42-97(15)16)125-59(54)40-120-133(138,113-26-20-81-10)128-52-31-63(100-35-48(6)71(105)95-78(100)110)123-57(52)39-119-134(139,114-27-21-82-11)129-53-32-64(124-58(53)37-117-131(136,126-46(3)4)111-24-18-79-8)101-43-84-66-68(101)90-74(92-72(66)106)86-41-96(13)14/h17,23,34-35,41-46,50-59,61-65H,18-22,24-33,36-40H2,1-7,13-16H3,(H,90,92,106)(H,91,93,107)(H,94,104,109)(H,95,105,110)(H,88,89,103,108)/b86-41+,87-42+/t50-,51+,52+,53+,54+,55+,56+,57+,58+,59+,61+,62+,63+,64+,65+,131?,132?,133?,134?,135?/m0/s1. The number of nitrogens with one attached hydrogen (secondary N) is 5. The van der Waals surface area contributed by atoms with E-state index in [0.29, 0.717) is 6.42 Å². The lowest BCUT2D eigenvalue weighted by Gasteiger charge is -2.34. The fourth-order valence-corrected chi connectivity index (χ4v) is 25.5. The van der Waals surface area contributed by atoms with Crippen molar-refractivity contribution < 1.29 is 96.3 Å². The SMILES string of the molecule is [C-]#[N+]CCO[P+]([S-])(OC[C@H]1O[C@@H](n2cnc3c(=O)[nH]c(/N=C/N(C)C)nc32)C[C@H]1O[P+]([S-])(OCC[N+]#[C-])OC[C@H]1O[C@@H](n2cc(C)c(=O)[nH]c2=O)C[C@H]1O[P+]([S-])(OCC[N+]#[C-])OC[C@H]1O[C@@H](n2cnc3c(=O)[nH]c(/N=C/N(C)C)nc32)C[C@H]1O[P+]([S-])(OCC[N+]#[C-])OC[C@H]1O[C@@H](n2cc(C)c(=O)[nH]c2=O)C[C@H]1O[P+]([S-])(OCC[N+]#[C-])OC[C@H]1O[C@@H](n2ccc(NC(C)=O)nc2=O)C[C@H]1C(C)C)OC(C)C. The first kappa shape index (κ1) is 111. The lowest BCUT2D eigenvalue weighted by molar-refractivity contribution is -0.114. The molecule has 0 bridgehead atoms. The minimum atomic E-state index is -4.46. The first-order chi connectivity index (χ1) is 66.6. The van der Waals surface area contributed by atoms with Crippen LogP contribution in [0.3, 0.4) is 0 Å². The van der Waals surface area contributed by atoms with Gasteiger partial charge in [0, 0.05) is 90.5 Å². The second-order valence-electron chi connectivity index (χ2n) is 32.7. The molecule has 5 aliphatic heterocycles. The molecule has 12 heterocycles. The number of carbonyl (C=O) groups excluding carboxylic acids is 1. The Hall–Kier alpha value is -8.10. The number of anilines is 1. The summed E-state index contributed by atoms with van der Waals surface area (Å²) in [5, 5.41) is 2.49. The first-order valence-electron chi connectivity index (χ1n) is 43.3. The fourth-order valence-electron chi connectivity index (χ4n) is 14.7. The van der Waals surface area contributed by atoms with Crippen molar-refractivity contribution in [1.82, 2.24) is 77.5 Å². The molecular weight excluding hydrogens is 2040 g/mol. The van der Waals surface area contributed by atoms with Crippen LogP contribution in [0, 0.1) is 58.5 Å². The summed E-state index contributed by atoms with van der Waals surface area (Å²) in [7, 11) is -14.2. The van der Waals surface area contributed by atoms with Crippen LogP contribution in [-0.2, 0) is 158 Å². The zero-order chi connectivity index (χ0) is 101. The zero-order valence-electron chi connectivity index (χ0n) is 77.3. The molecule has 5 N–H and O–H groups in total. The molecule has 0 spiro atoms. The Balaban J connectivity index is 0.865. The van der Waals surface area contributed by atoms with Gasteiger partial charge in [0.05, 0.1) is 31.4 Å². The maximum atomic E-state index is 14.0. The quantitative estimate of drug-likeness (QED) is 0.00628. The molecule has 1 amide bonds. The van der Waals surface area contributed by atoms with Gasteiger partial charge in [0.15, 0.2) is 55.4 Å². The summed E-state index contributed by atoms with van der Waals surface area (Å²) in [6, 6.07) is 1.45. The summed E-state index contributed by atoms with van der Waals surface area (Å²) in [4.78, 5) is 167. The number of aryl methyl sites for hydroxylation is 2. The molecule has 758 valence electrons. The van der Waals surface area contributed by atoms with Crippen LogP contribution in [0.1, 0.15) is 109 Å². The topological polar surface area (TPSA) is 538 Å². The van der Waals surface area contributed by atoms with Gasteiger partial charge in [0.25, 0.3) is 58.0 Å². The van der Waals surface area contributed by atoms with Gasteiger partial charge in [0.1, 0.15) is 125 Å². The van der Waals surface area contributed by atoms with Gasteiger partial charge in [-0.2, -0.15) is 82.8 Å². The lowest BCUT2D eigenvalue weighted by Crippen LogP contribution is -2.34. The molecule has 7 aromatic heterocycles. The molecule has 5 saturated heterocycles. The molecule has 5 fully saturated rings. The van der Waals surface area contributed by atoms with Crippen LogP contribution in [0.4, 0.5) is 17.7 Å². The van der Waals surface area contributed by atoms with E-state index in [0.717, 1.165) is 9.13 Å². The number of nitrogens with zero attached hydrogens (tertiary/aromatic N) is 19. The smallest absolute Gasteiger partial charge is 0.351 e. The zero-order valence-corrected chi connectivity index (χ0v) is 85.8. The molecule has 0 saturated carbocycles. The highest BCUT2D eigenvalue weighted by atomic mass is 32.7. The van der Waals surface area contributed by atoms with Gasteiger partial charge in [-0.3, -0.25) is 66.7 Å². The molecule has 52 nitrogen and oxygen atoms in total. The van der Waals surface area contributed by atoms with E-state index >= 15 is 0 Å². The van der Waals surface area contributed by atoms with Crippen LogP contribution < -0.4 is 44.6 Å². The minimum Gasteiger partial charge on any atom is -0.459 e. The third-order valence-corrected chi connectivity index (χ3v) is 33.2. The number of imidazole rings is 2. The highest BCUT2D eigenvalue weighted by Crippen LogP contribution is 2.69. The van der Waals surface area contributed by atoms with Gasteiger partial charge < -0.3 is 124 Å². The van der Waals surface area contributed by atoms with E-state index in [2.05, 4.69) is 84.4 Å². The van der Waals surface area contributed by atoms with E-state index in [1.807, 2.05) is 13.8 Å². The average molecular weight is 2140 g/mol. The van der Waals surface area contributed by atoms with Crippen molar-refractivity contribution in [2.24, 2.45) is 21.8 Å². The summed E-state index contributed by atoms with van der Waals surface area (Å²) in [5.74, 6) is -0.960. The predicted octanol–water partition coefficient (Wildman–Crippen LogP) is 7.19. The number of carbonyl (C=O) groups is 1. The van der Waals surface area contributed by atoms with E-state index in [-0.39, 0.29) is 148 Å². The molecule has 5 aliphatic rings. The Morgan fingerprint density at radius 1 is 0.479 bits per heavy atom. The molecular formula is C78H103N24O28P5S5. The summed E-state index contributed by atoms with van der Waals surface area (Å²) in [6.07, 6.45) is -8.88. The van der Waals surface area contributed by atoms with Crippen LogP contribution in [0.5, 0.6) is 0 Å². The van der Waals surface area contributed by atoms with Crippen LogP contribution >= 0.6 is 35.7 Å². The molecule has 62 heteroatoms. The molecule has 140 heavy (non-hydrogen) atoms. The molecule has 20 atom stereocenters. The number of ether oxygens (including phenoxy) is 5. The second kappa shape index (κ2) is 50.1. The number of amides is 1. The number of hydrogen-bond donors (Lipinski definition) is 5. The summed E-state index contributed by atoms with van der Waals surface area (Å²) in [6.45, 7) is 44.5. The molecule has 0 aromatic carbocycles. The third-order valence-electron chi connectivity index (χ3n) is 21.1. The van der Waals surface area contributed by atoms with Crippen LogP contribution in [-0.4, -0.2) is 284 Å². The average Bonchev–Trinajstić information content (AvgIpc) is 1.63. The van der Waals surface area contributed by atoms with Gasteiger partial charge >= 0.3 is 17.1 Å². The van der Waals surface area contributed by atoms with Crippen LogP contribution in [0.2, 0.25) is 0 Å². The van der Waals surface area contributed by atoms with E-state index in [9.17, 15) is 38.4 Å². The maximum absolute atomic E-state index is 14.0. The Kier molecular flexibility index (Phi) is 39.6. The number of H-pyrrole nitrogens is 4. The summed E-state index contributed by atoms with van der Waals surface area (Å²) >= 11 is 31.1. The van der Waals surface area contributed by atoms with E-state index in [4.69, 9.17) is 186 Å². The highest BCUT2D eigenvalue weighted by molar-refractivity contribution is 8.37. The number of rotatable bonds is 51.